The molecule has 0 aromatic heterocycles. The lowest BCUT2D eigenvalue weighted by molar-refractivity contribution is 0.226. The number of nitrogens with zero attached hydrogens (tertiary/aromatic N) is 1. The molecular weight excluding hydrogens is 223 g/mol. The molecule has 5 heteroatoms. The molecule has 0 heterocycles. The average Bonchev–Trinajstić information content (AvgIpc) is 2.18. The molecule has 3 nitrogen and oxygen atoms in total. The molecule has 0 saturated carbocycles. The summed E-state index contributed by atoms with van der Waals surface area (Å²) in [7, 11) is 1.52. The fourth-order valence-corrected chi connectivity index (χ4v) is 0.999. The number of carbonyl (C=O) groups is 1. The van der Waals surface area contributed by atoms with Gasteiger partial charge in [-0.05, 0) is 12.1 Å². The number of alkyl halides is 2. The Morgan fingerprint density at radius 3 is 2.43 bits per heavy atom. The molecule has 2 amide bonds. The van der Waals surface area contributed by atoms with Gasteiger partial charge >= 0.3 is 6.03 Å². The highest BCUT2D eigenvalue weighted by Crippen LogP contribution is 2.10. The lowest BCUT2D eigenvalue weighted by Gasteiger charge is -2.18. The highest BCUT2D eigenvalue weighted by molar-refractivity contribution is 6.44. The Bertz CT molecular complexity index is 303. The molecule has 76 valence electrons. The molecule has 1 aromatic carbocycles. The monoisotopic (exact) mass is 232 g/mol. The summed E-state index contributed by atoms with van der Waals surface area (Å²) in [5, 5.41) is 2.64. The molecule has 0 fully saturated rings. The standard InChI is InChI=1S/C9H10Cl2N2O/c1-13(8(10)11)9(14)12-7-5-3-2-4-6-7/h2-6,8H,1H3,(H,12,14). The van der Waals surface area contributed by atoms with E-state index in [2.05, 4.69) is 5.32 Å². The first-order chi connectivity index (χ1) is 6.61. The van der Waals surface area contributed by atoms with Gasteiger partial charge in [0.2, 0.25) is 0 Å². The highest BCUT2D eigenvalue weighted by Gasteiger charge is 2.14. The van der Waals surface area contributed by atoms with Gasteiger partial charge in [-0.1, -0.05) is 41.4 Å². The van der Waals surface area contributed by atoms with Gasteiger partial charge in [0, 0.05) is 12.7 Å². The predicted molar refractivity (Wildman–Crippen MR) is 58.7 cm³/mol. The van der Waals surface area contributed by atoms with Crippen LogP contribution in [0.3, 0.4) is 0 Å². The Labute approximate surface area is 92.6 Å². The van der Waals surface area contributed by atoms with Crippen molar-refractivity contribution in [1.82, 2.24) is 4.90 Å². The van der Waals surface area contributed by atoms with Crippen LogP contribution in [-0.2, 0) is 0 Å². The van der Waals surface area contributed by atoms with E-state index < -0.39 is 4.96 Å². The number of urea groups is 1. The first-order valence-electron chi connectivity index (χ1n) is 3.98. The number of hydrogen-bond donors (Lipinski definition) is 1. The van der Waals surface area contributed by atoms with Crippen LogP contribution in [0, 0.1) is 0 Å². The largest absolute Gasteiger partial charge is 0.323 e. The lowest BCUT2D eigenvalue weighted by Crippen LogP contribution is -2.34. The third kappa shape index (κ3) is 3.09. The molecule has 1 rings (SSSR count). The molecule has 1 N–H and O–H groups in total. The highest BCUT2D eigenvalue weighted by atomic mass is 35.5. The van der Waals surface area contributed by atoms with Crippen molar-refractivity contribution in [2.75, 3.05) is 12.4 Å². The molecule has 0 spiro atoms. The average molecular weight is 233 g/mol. The summed E-state index contributed by atoms with van der Waals surface area (Å²) >= 11 is 11.0. The van der Waals surface area contributed by atoms with Gasteiger partial charge in [0.1, 0.15) is 0 Å². The summed E-state index contributed by atoms with van der Waals surface area (Å²) in [6, 6.07) is 8.74. The summed E-state index contributed by atoms with van der Waals surface area (Å²) in [6.07, 6.45) is 0. The van der Waals surface area contributed by atoms with Crippen LogP contribution in [0.2, 0.25) is 0 Å². The van der Waals surface area contributed by atoms with Gasteiger partial charge in [-0.3, -0.25) is 4.90 Å². The molecule has 0 saturated heterocycles. The van der Waals surface area contributed by atoms with Crippen LogP contribution in [0.25, 0.3) is 0 Å². The molecular formula is C9H10Cl2N2O. The summed E-state index contributed by atoms with van der Waals surface area (Å²) in [5.41, 5.74) is 0.707. The van der Waals surface area contributed by atoms with Crippen molar-refractivity contribution < 1.29 is 4.79 Å². The topological polar surface area (TPSA) is 32.3 Å². The molecule has 0 aliphatic rings. The van der Waals surface area contributed by atoms with Crippen LogP contribution in [0.5, 0.6) is 0 Å². The Hall–Kier alpha value is -0.930. The van der Waals surface area contributed by atoms with Crippen molar-refractivity contribution in [1.29, 1.82) is 0 Å². The maximum Gasteiger partial charge on any atom is 0.323 e. The predicted octanol–water partition coefficient (Wildman–Crippen LogP) is 2.91. The summed E-state index contributed by atoms with van der Waals surface area (Å²) in [6.45, 7) is 0. The SMILES string of the molecule is CN(C(=O)Nc1ccccc1)C(Cl)Cl. The fourth-order valence-electron chi connectivity index (χ4n) is 0.822. The van der Waals surface area contributed by atoms with E-state index in [-0.39, 0.29) is 6.03 Å². The van der Waals surface area contributed by atoms with Gasteiger partial charge in [0.05, 0.1) is 0 Å². The second kappa shape index (κ2) is 5.08. The molecule has 0 bridgehead atoms. The van der Waals surface area contributed by atoms with Crippen molar-refractivity contribution in [2.24, 2.45) is 0 Å². The minimum atomic E-state index is -0.848. The maximum absolute atomic E-state index is 11.4. The smallest absolute Gasteiger partial charge is 0.308 e. The minimum absolute atomic E-state index is 0.341. The lowest BCUT2D eigenvalue weighted by atomic mass is 10.3. The van der Waals surface area contributed by atoms with E-state index in [0.717, 1.165) is 0 Å². The zero-order chi connectivity index (χ0) is 10.6. The Morgan fingerprint density at radius 2 is 1.93 bits per heavy atom. The molecule has 0 radical (unpaired) electrons. The normalized spacial score (nSPS) is 10.0. The van der Waals surface area contributed by atoms with Crippen molar-refractivity contribution >= 4 is 34.9 Å². The van der Waals surface area contributed by atoms with Gasteiger partial charge in [-0.25, -0.2) is 4.79 Å². The molecule has 0 unspecified atom stereocenters. The Balaban J connectivity index is 2.58. The van der Waals surface area contributed by atoms with E-state index >= 15 is 0 Å². The van der Waals surface area contributed by atoms with Crippen LogP contribution in [0.15, 0.2) is 30.3 Å². The summed E-state index contributed by atoms with van der Waals surface area (Å²) in [5.74, 6) is 0. The molecule has 0 aliphatic carbocycles. The second-order valence-electron chi connectivity index (χ2n) is 2.68. The molecule has 0 aliphatic heterocycles. The van der Waals surface area contributed by atoms with E-state index in [4.69, 9.17) is 23.2 Å². The van der Waals surface area contributed by atoms with Crippen LogP contribution >= 0.6 is 23.2 Å². The summed E-state index contributed by atoms with van der Waals surface area (Å²) in [4.78, 5) is 11.7. The van der Waals surface area contributed by atoms with Crippen molar-refractivity contribution in [3.8, 4) is 0 Å². The number of halogens is 2. The zero-order valence-electron chi connectivity index (χ0n) is 7.58. The van der Waals surface area contributed by atoms with E-state index in [1.54, 1.807) is 12.1 Å². The van der Waals surface area contributed by atoms with Gasteiger partial charge in [-0.2, -0.15) is 0 Å². The second-order valence-corrected chi connectivity index (χ2v) is 3.73. The molecule has 1 aromatic rings. The van der Waals surface area contributed by atoms with Crippen molar-refractivity contribution in [3.05, 3.63) is 30.3 Å². The van der Waals surface area contributed by atoms with Crippen molar-refractivity contribution in [2.45, 2.75) is 4.96 Å². The quantitative estimate of drug-likeness (QED) is 0.618. The third-order valence-corrected chi connectivity index (χ3v) is 2.22. The van der Waals surface area contributed by atoms with E-state index in [9.17, 15) is 4.79 Å². The minimum Gasteiger partial charge on any atom is -0.308 e. The van der Waals surface area contributed by atoms with Crippen LogP contribution in [0.4, 0.5) is 10.5 Å². The van der Waals surface area contributed by atoms with Crippen molar-refractivity contribution in [3.63, 3.8) is 0 Å². The van der Waals surface area contributed by atoms with E-state index in [1.807, 2.05) is 18.2 Å². The molecule has 14 heavy (non-hydrogen) atoms. The number of nitrogens with one attached hydrogen (secondary N) is 1. The van der Waals surface area contributed by atoms with Gasteiger partial charge in [-0.15, -0.1) is 0 Å². The number of anilines is 1. The first kappa shape index (κ1) is 11.1. The van der Waals surface area contributed by atoms with E-state index in [1.165, 1.54) is 11.9 Å². The van der Waals surface area contributed by atoms with Crippen LogP contribution in [0.1, 0.15) is 0 Å². The number of benzene rings is 1. The van der Waals surface area contributed by atoms with Gasteiger partial charge < -0.3 is 5.32 Å². The first-order valence-corrected chi connectivity index (χ1v) is 4.85. The van der Waals surface area contributed by atoms with Crippen LogP contribution in [-0.4, -0.2) is 22.9 Å². The summed E-state index contributed by atoms with van der Waals surface area (Å²) < 4.78 is 0. The number of para-hydroxylation sites is 1. The van der Waals surface area contributed by atoms with Crippen LogP contribution < -0.4 is 5.32 Å². The van der Waals surface area contributed by atoms with E-state index in [0.29, 0.717) is 5.69 Å². The van der Waals surface area contributed by atoms with Gasteiger partial charge in [0.15, 0.2) is 4.96 Å². The Kier molecular flexibility index (Phi) is 4.04. The number of amides is 2. The zero-order valence-corrected chi connectivity index (χ0v) is 9.09. The number of rotatable bonds is 2. The Morgan fingerprint density at radius 1 is 1.36 bits per heavy atom. The fraction of sp³-hybridized carbons (Fsp3) is 0.222. The van der Waals surface area contributed by atoms with Gasteiger partial charge in [0.25, 0.3) is 0 Å². The molecule has 0 atom stereocenters. The third-order valence-electron chi connectivity index (χ3n) is 1.64. The number of hydrogen-bond acceptors (Lipinski definition) is 1. The maximum atomic E-state index is 11.4. The number of carbonyl (C=O) groups excluding carboxylic acids is 1.